The molecule has 4 rings (SSSR count). The molecule has 2 aliphatic heterocycles. The first-order valence-electron chi connectivity index (χ1n) is 7.75. The summed E-state index contributed by atoms with van der Waals surface area (Å²) in [5.74, 6) is 1.98. The van der Waals surface area contributed by atoms with Crippen molar-refractivity contribution in [1.29, 1.82) is 0 Å². The van der Waals surface area contributed by atoms with Crippen LogP contribution in [0.5, 0.6) is 0 Å². The molecule has 6 nitrogen and oxygen atoms in total. The molecule has 0 bridgehead atoms. The highest BCUT2D eigenvalue weighted by molar-refractivity contribution is 7.09. The predicted octanol–water partition coefficient (Wildman–Crippen LogP) is 1.25. The van der Waals surface area contributed by atoms with Crippen LogP contribution in [0, 0.1) is 6.92 Å². The molecule has 2 fully saturated rings. The van der Waals surface area contributed by atoms with Crippen LogP contribution in [-0.4, -0.2) is 64.6 Å². The molecule has 7 heteroatoms. The molecule has 0 atom stereocenters. The molecule has 0 unspecified atom stereocenters. The minimum atomic E-state index is 0.662. The van der Waals surface area contributed by atoms with Crippen molar-refractivity contribution in [3.05, 3.63) is 30.2 Å². The van der Waals surface area contributed by atoms with Crippen LogP contribution in [0.2, 0.25) is 0 Å². The molecule has 116 valence electrons. The summed E-state index contributed by atoms with van der Waals surface area (Å²) in [6.07, 6.45) is 1.87. The van der Waals surface area contributed by atoms with Gasteiger partial charge in [-0.05, 0) is 19.1 Å². The first-order chi connectivity index (χ1) is 10.8. The second-order valence-electron chi connectivity index (χ2n) is 5.89. The Morgan fingerprint density at radius 3 is 2.55 bits per heavy atom. The summed E-state index contributed by atoms with van der Waals surface area (Å²) in [6, 6.07) is 6.79. The van der Waals surface area contributed by atoms with E-state index in [1.807, 2.05) is 19.2 Å². The van der Waals surface area contributed by atoms with Gasteiger partial charge in [0.05, 0.1) is 0 Å². The Hall–Kier alpha value is -1.73. The number of aryl methyl sites for hydroxylation is 1. The lowest BCUT2D eigenvalue weighted by atomic mass is 10.1. The van der Waals surface area contributed by atoms with E-state index in [4.69, 9.17) is 0 Å². The SMILES string of the molecule is Cc1nsc(N2CC(N3CCN(c4ccccn4)CC3)C2)n1. The maximum Gasteiger partial charge on any atom is 0.205 e. The van der Waals surface area contributed by atoms with E-state index in [9.17, 15) is 0 Å². The zero-order valence-electron chi connectivity index (χ0n) is 12.7. The first-order valence-corrected chi connectivity index (χ1v) is 8.52. The summed E-state index contributed by atoms with van der Waals surface area (Å²) in [6.45, 7) is 8.47. The fraction of sp³-hybridized carbons (Fsp3) is 0.533. The minimum Gasteiger partial charge on any atom is -0.354 e. The Kier molecular flexibility index (Phi) is 3.67. The molecule has 2 aromatic rings. The van der Waals surface area contributed by atoms with Crippen LogP contribution in [0.15, 0.2) is 24.4 Å². The number of pyridine rings is 1. The van der Waals surface area contributed by atoms with Crippen molar-refractivity contribution in [2.24, 2.45) is 0 Å². The van der Waals surface area contributed by atoms with Gasteiger partial charge >= 0.3 is 0 Å². The molecule has 0 N–H and O–H groups in total. The standard InChI is InChI=1S/C15H20N6S/c1-12-17-15(22-18-12)21-10-13(11-21)19-6-8-20(9-7-19)14-4-2-3-5-16-14/h2-5,13H,6-11H2,1H3. The molecule has 0 amide bonds. The Morgan fingerprint density at radius 2 is 1.91 bits per heavy atom. The molecular weight excluding hydrogens is 296 g/mol. The smallest absolute Gasteiger partial charge is 0.205 e. The van der Waals surface area contributed by atoms with Crippen LogP contribution >= 0.6 is 11.5 Å². The molecule has 0 saturated carbocycles. The van der Waals surface area contributed by atoms with Crippen LogP contribution in [0.4, 0.5) is 10.9 Å². The monoisotopic (exact) mass is 316 g/mol. The van der Waals surface area contributed by atoms with Crippen molar-refractivity contribution in [2.45, 2.75) is 13.0 Å². The van der Waals surface area contributed by atoms with E-state index in [0.29, 0.717) is 6.04 Å². The number of hydrogen-bond donors (Lipinski definition) is 0. The van der Waals surface area contributed by atoms with Crippen LogP contribution < -0.4 is 9.80 Å². The molecule has 2 aliphatic rings. The highest BCUT2D eigenvalue weighted by Gasteiger charge is 2.35. The number of aromatic nitrogens is 3. The van der Waals surface area contributed by atoms with Crippen LogP contribution in [0.25, 0.3) is 0 Å². The van der Waals surface area contributed by atoms with E-state index < -0.39 is 0 Å². The largest absolute Gasteiger partial charge is 0.354 e. The average molecular weight is 316 g/mol. The maximum atomic E-state index is 4.46. The van der Waals surface area contributed by atoms with Gasteiger partial charge in [-0.3, -0.25) is 4.90 Å². The van der Waals surface area contributed by atoms with Crippen molar-refractivity contribution in [3.8, 4) is 0 Å². The third-order valence-corrected chi connectivity index (χ3v) is 5.32. The van der Waals surface area contributed by atoms with E-state index in [1.54, 1.807) is 0 Å². The van der Waals surface area contributed by atoms with Gasteiger partial charge in [0.25, 0.3) is 0 Å². The molecule has 0 aromatic carbocycles. The number of rotatable bonds is 3. The van der Waals surface area contributed by atoms with Gasteiger partial charge in [-0.25, -0.2) is 9.97 Å². The molecule has 4 heterocycles. The molecule has 22 heavy (non-hydrogen) atoms. The zero-order chi connectivity index (χ0) is 14.9. The van der Waals surface area contributed by atoms with Crippen molar-refractivity contribution in [3.63, 3.8) is 0 Å². The summed E-state index contributed by atoms with van der Waals surface area (Å²) in [4.78, 5) is 16.2. The highest BCUT2D eigenvalue weighted by atomic mass is 32.1. The van der Waals surface area contributed by atoms with Gasteiger partial charge in [0.2, 0.25) is 5.13 Å². The quantitative estimate of drug-likeness (QED) is 0.849. The second kappa shape index (κ2) is 5.81. The lowest BCUT2D eigenvalue weighted by Crippen LogP contribution is -2.63. The number of anilines is 2. The minimum absolute atomic E-state index is 0.662. The average Bonchev–Trinajstić information content (AvgIpc) is 2.94. The van der Waals surface area contributed by atoms with E-state index in [1.165, 1.54) is 11.5 Å². The molecular formula is C15H20N6S. The van der Waals surface area contributed by atoms with E-state index in [2.05, 4.69) is 41.2 Å². The van der Waals surface area contributed by atoms with Gasteiger partial charge in [0.1, 0.15) is 11.6 Å². The predicted molar refractivity (Wildman–Crippen MR) is 88.7 cm³/mol. The van der Waals surface area contributed by atoms with Gasteiger partial charge in [-0.1, -0.05) is 6.07 Å². The van der Waals surface area contributed by atoms with Gasteiger partial charge in [-0.15, -0.1) is 0 Å². The van der Waals surface area contributed by atoms with E-state index in [-0.39, 0.29) is 0 Å². The van der Waals surface area contributed by atoms with Gasteiger partial charge < -0.3 is 9.80 Å². The Bertz CT molecular complexity index is 616. The fourth-order valence-corrected chi connectivity index (χ4v) is 3.81. The number of piperazine rings is 1. The van der Waals surface area contributed by atoms with Crippen molar-refractivity contribution < 1.29 is 0 Å². The number of nitrogens with zero attached hydrogens (tertiary/aromatic N) is 6. The molecule has 2 aromatic heterocycles. The van der Waals surface area contributed by atoms with Crippen LogP contribution in [0.1, 0.15) is 5.82 Å². The lowest BCUT2D eigenvalue weighted by Gasteiger charge is -2.48. The Morgan fingerprint density at radius 1 is 1.09 bits per heavy atom. The van der Waals surface area contributed by atoms with E-state index in [0.717, 1.165) is 56.0 Å². The third-order valence-electron chi connectivity index (χ3n) is 4.45. The third kappa shape index (κ3) is 2.66. The molecule has 0 radical (unpaired) electrons. The van der Waals surface area contributed by atoms with Gasteiger partial charge in [0, 0.05) is 63.0 Å². The Balaban J connectivity index is 1.29. The maximum absolute atomic E-state index is 4.46. The lowest BCUT2D eigenvalue weighted by molar-refractivity contribution is 0.157. The van der Waals surface area contributed by atoms with Gasteiger partial charge in [0.15, 0.2) is 0 Å². The first kappa shape index (κ1) is 13.9. The Labute approximate surface area is 134 Å². The van der Waals surface area contributed by atoms with Crippen LogP contribution in [0.3, 0.4) is 0 Å². The van der Waals surface area contributed by atoms with Crippen molar-refractivity contribution in [1.82, 2.24) is 19.2 Å². The highest BCUT2D eigenvalue weighted by Crippen LogP contribution is 2.26. The van der Waals surface area contributed by atoms with Crippen molar-refractivity contribution in [2.75, 3.05) is 49.1 Å². The summed E-state index contributed by atoms with van der Waals surface area (Å²) in [5.41, 5.74) is 0. The van der Waals surface area contributed by atoms with Gasteiger partial charge in [-0.2, -0.15) is 4.37 Å². The normalized spacial score (nSPS) is 20.2. The van der Waals surface area contributed by atoms with Crippen molar-refractivity contribution >= 4 is 22.5 Å². The summed E-state index contributed by atoms with van der Waals surface area (Å²) < 4.78 is 4.26. The molecule has 2 saturated heterocycles. The topological polar surface area (TPSA) is 48.4 Å². The molecule has 0 aliphatic carbocycles. The summed E-state index contributed by atoms with van der Waals surface area (Å²) >= 11 is 1.51. The fourth-order valence-electron chi connectivity index (χ4n) is 3.11. The zero-order valence-corrected chi connectivity index (χ0v) is 13.5. The second-order valence-corrected chi connectivity index (χ2v) is 6.62. The number of hydrogen-bond acceptors (Lipinski definition) is 7. The summed E-state index contributed by atoms with van der Waals surface area (Å²) in [7, 11) is 0. The van der Waals surface area contributed by atoms with Crippen LogP contribution in [-0.2, 0) is 0 Å². The van der Waals surface area contributed by atoms with E-state index >= 15 is 0 Å². The molecule has 0 spiro atoms. The summed E-state index contributed by atoms with van der Waals surface area (Å²) in [5, 5.41) is 1.07.